The van der Waals surface area contributed by atoms with Crippen molar-refractivity contribution in [3.8, 4) is 0 Å². The molecule has 7 nitrogen and oxygen atoms in total. The fraction of sp³-hybridized carbons (Fsp3) is 0.600. The molecule has 7 heteroatoms. The Morgan fingerprint density at radius 3 is 2.59 bits per heavy atom. The summed E-state index contributed by atoms with van der Waals surface area (Å²) < 4.78 is 3.80. The minimum absolute atomic E-state index is 0.0685. The molecule has 22 heavy (non-hydrogen) atoms. The molecule has 1 aliphatic carbocycles. The quantitative estimate of drug-likeness (QED) is 0.912. The predicted octanol–water partition coefficient (Wildman–Crippen LogP) is 1.73. The van der Waals surface area contributed by atoms with E-state index < -0.39 is 0 Å². The van der Waals surface area contributed by atoms with Gasteiger partial charge in [0.25, 0.3) is 0 Å². The molecule has 2 aromatic rings. The zero-order chi connectivity index (χ0) is 15.4. The van der Waals surface area contributed by atoms with Crippen molar-refractivity contribution >= 4 is 5.91 Å². The Bertz CT molecular complexity index is 571. The molecule has 0 unspecified atom stereocenters. The second-order valence-corrected chi connectivity index (χ2v) is 5.83. The second-order valence-electron chi connectivity index (χ2n) is 5.83. The van der Waals surface area contributed by atoms with Gasteiger partial charge in [0.05, 0.1) is 0 Å². The number of carbonyl (C=O) groups excluding carboxylic acids is 1. The highest BCUT2D eigenvalue weighted by Gasteiger charge is 2.26. The van der Waals surface area contributed by atoms with Crippen molar-refractivity contribution in [2.24, 2.45) is 0 Å². The van der Waals surface area contributed by atoms with E-state index in [1.807, 2.05) is 19.2 Å². The summed E-state index contributed by atoms with van der Waals surface area (Å²) in [5.74, 6) is 0.0685. The van der Waals surface area contributed by atoms with Crippen LogP contribution in [0.2, 0.25) is 0 Å². The molecule has 2 aromatic heterocycles. The van der Waals surface area contributed by atoms with E-state index in [2.05, 4.69) is 25.2 Å². The number of nitrogens with one attached hydrogen (secondary N) is 1. The van der Waals surface area contributed by atoms with Crippen molar-refractivity contribution in [3.63, 3.8) is 0 Å². The molecule has 0 aliphatic heterocycles. The van der Waals surface area contributed by atoms with Crippen molar-refractivity contribution < 1.29 is 4.79 Å². The lowest BCUT2D eigenvalue weighted by atomic mass is 9.91. The summed E-state index contributed by atoms with van der Waals surface area (Å²) in [4.78, 5) is 12.5. The molecule has 1 saturated carbocycles. The van der Waals surface area contributed by atoms with E-state index in [1.54, 1.807) is 23.5 Å². The van der Waals surface area contributed by atoms with E-state index in [9.17, 15) is 4.79 Å². The number of hydrogen-bond acceptors (Lipinski definition) is 4. The van der Waals surface area contributed by atoms with Gasteiger partial charge >= 0.3 is 0 Å². The molecule has 0 aromatic carbocycles. The van der Waals surface area contributed by atoms with E-state index in [1.165, 1.54) is 0 Å². The molecule has 2 heterocycles. The van der Waals surface area contributed by atoms with Gasteiger partial charge < -0.3 is 9.88 Å². The van der Waals surface area contributed by atoms with Crippen molar-refractivity contribution in [3.05, 3.63) is 31.1 Å². The number of amides is 1. The smallest absolute Gasteiger partial charge is 0.245 e. The van der Waals surface area contributed by atoms with Gasteiger partial charge in [0.15, 0.2) is 0 Å². The van der Waals surface area contributed by atoms with Gasteiger partial charge in [-0.2, -0.15) is 5.10 Å². The SMILES string of the molecule is CC[C@H](C(=O)NC1CCC(n2cnnc2)CC1)n1cccn1. The van der Waals surface area contributed by atoms with E-state index in [0.717, 1.165) is 32.1 Å². The summed E-state index contributed by atoms with van der Waals surface area (Å²) in [5, 5.41) is 15.1. The van der Waals surface area contributed by atoms with E-state index in [4.69, 9.17) is 0 Å². The van der Waals surface area contributed by atoms with Crippen LogP contribution in [0.5, 0.6) is 0 Å². The van der Waals surface area contributed by atoms with Crippen molar-refractivity contribution in [2.75, 3.05) is 0 Å². The maximum absolute atomic E-state index is 12.5. The van der Waals surface area contributed by atoms with E-state index in [-0.39, 0.29) is 18.0 Å². The molecular weight excluding hydrogens is 280 g/mol. The summed E-state index contributed by atoms with van der Waals surface area (Å²) >= 11 is 0. The first-order valence-electron chi connectivity index (χ1n) is 7.91. The summed E-state index contributed by atoms with van der Waals surface area (Å²) in [6.45, 7) is 2.01. The predicted molar refractivity (Wildman–Crippen MR) is 81.0 cm³/mol. The molecule has 1 fully saturated rings. The lowest BCUT2D eigenvalue weighted by Gasteiger charge is -2.30. The van der Waals surface area contributed by atoms with E-state index in [0.29, 0.717) is 6.04 Å². The van der Waals surface area contributed by atoms with Gasteiger partial charge in [-0.1, -0.05) is 6.92 Å². The van der Waals surface area contributed by atoms with Crippen LogP contribution in [-0.4, -0.2) is 36.5 Å². The Hall–Kier alpha value is -2.18. The summed E-state index contributed by atoms with van der Waals surface area (Å²) in [6.07, 6.45) is 11.9. The molecule has 1 N–H and O–H groups in total. The fourth-order valence-electron chi connectivity index (χ4n) is 3.17. The van der Waals surface area contributed by atoms with Crippen LogP contribution in [0.15, 0.2) is 31.1 Å². The summed E-state index contributed by atoms with van der Waals surface area (Å²) in [5.41, 5.74) is 0. The monoisotopic (exact) mass is 302 g/mol. The molecular formula is C15H22N6O. The molecule has 1 atom stereocenters. The first-order chi connectivity index (χ1) is 10.8. The highest BCUT2D eigenvalue weighted by atomic mass is 16.2. The molecule has 0 radical (unpaired) electrons. The third kappa shape index (κ3) is 3.18. The second kappa shape index (κ2) is 6.72. The van der Waals surface area contributed by atoms with Crippen LogP contribution in [-0.2, 0) is 4.79 Å². The Morgan fingerprint density at radius 2 is 2.00 bits per heavy atom. The summed E-state index contributed by atoms with van der Waals surface area (Å²) in [6, 6.07) is 2.34. The van der Waals surface area contributed by atoms with Gasteiger partial charge in [-0.3, -0.25) is 9.48 Å². The van der Waals surface area contributed by atoms with Crippen LogP contribution < -0.4 is 5.32 Å². The zero-order valence-corrected chi connectivity index (χ0v) is 12.8. The van der Waals surface area contributed by atoms with E-state index >= 15 is 0 Å². The zero-order valence-electron chi connectivity index (χ0n) is 12.8. The number of carbonyl (C=O) groups is 1. The topological polar surface area (TPSA) is 77.6 Å². The molecule has 1 amide bonds. The third-order valence-corrected chi connectivity index (χ3v) is 4.43. The Kier molecular flexibility index (Phi) is 4.50. The molecule has 0 spiro atoms. The Labute approximate surface area is 129 Å². The Morgan fingerprint density at radius 1 is 1.27 bits per heavy atom. The maximum atomic E-state index is 12.5. The highest BCUT2D eigenvalue weighted by Crippen LogP contribution is 2.28. The minimum Gasteiger partial charge on any atom is -0.352 e. The molecule has 118 valence electrons. The number of nitrogens with zero attached hydrogens (tertiary/aromatic N) is 5. The lowest BCUT2D eigenvalue weighted by molar-refractivity contribution is -0.125. The number of hydrogen-bond donors (Lipinski definition) is 1. The maximum Gasteiger partial charge on any atom is 0.245 e. The lowest BCUT2D eigenvalue weighted by Crippen LogP contribution is -2.41. The fourth-order valence-corrected chi connectivity index (χ4v) is 3.17. The number of rotatable bonds is 5. The van der Waals surface area contributed by atoms with Gasteiger partial charge in [-0.15, -0.1) is 10.2 Å². The molecule has 1 aliphatic rings. The van der Waals surface area contributed by atoms with Crippen molar-refractivity contribution in [1.82, 2.24) is 29.9 Å². The summed E-state index contributed by atoms with van der Waals surface area (Å²) in [7, 11) is 0. The molecule has 3 rings (SSSR count). The van der Waals surface area contributed by atoms with Crippen LogP contribution >= 0.6 is 0 Å². The van der Waals surface area contributed by atoms with Crippen LogP contribution in [0.4, 0.5) is 0 Å². The van der Waals surface area contributed by atoms with Crippen LogP contribution in [0.25, 0.3) is 0 Å². The average Bonchev–Trinajstić information content (AvgIpc) is 3.22. The van der Waals surface area contributed by atoms with Gasteiger partial charge in [-0.25, -0.2) is 0 Å². The third-order valence-electron chi connectivity index (χ3n) is 4.43. The minimum atomic E-state index is -0.217. The molecule has 0 saturated heterocycles. The first-order valence-corrected chi connectivity index (χ1v) is 7.91. The molecule has 0 bridgehead atoms. The van der Waals surface area contributed by atoms with Gasteiger partial charge in [-0.05, 0) is 38.2 Å². The van der Waals surface area contributed by atoms with Gasteiger partial charge in [0.1, 0.15) is 18.7 Å². The Balaban J connectivity index is 1.53. The van der Waals surface area contributed by atoms with Gasteiger partial charge in [0, 0.05) is 24.5 Å². The standard InChI is InChI=1S/C15H22N6O/c1-2-14(21-9-3-8-18-21)15(22)19-12-4-6-13(7-5-12)20-10-16-17-11-20/h3,8-14H,2,4-7H2,1H3,(H,19,22)/t12?,13?,14-/m1/s1. The average molecular weight is 302 g/mol. The largest absolute Gasteiger partial charge is 0.352 e. The first kappa shape index (κ1) is 14.7. The van der Waals surface area contributed by atoms with Crippen molar-refractivity contribution in [2.45, 2.75) is 57.2 Å². The normalized spacial score (nSPS) is 23.1. The van der Waals surface area contributed by atoms with Crippen LogP contribution in [0, 0.1) is 0 Å². The number of aromatic nitrogens is 5. The van der Waals surface area contributed by atoms with Crippen LogP contribution in [0.3, 0.4) is 0 Å². The van der Waals surface area contributed by atoms with Crippen LogP contribution in [0.1, 0.15) is 51.1 Å². The van der Waals surface area contributed by atoms with Crippen molar-refractivity contribution in [1.29, 1.82) is 0 Å². The van der Waals surface area contributed by atoms with Gasteiger partial charge in [0.2, 0.25) is 5.91 Å². The highest BCUT2D eigenvalue weighted by molar-refractivity contribution is 5.80.